The Bertz CT molecular complexity index is 464. The monoisotopic (exact) mass is 285 g/mol. The summed E-state index contributed by atoms with van der Waals surface area (Å²) in [5.41, 5.74) is 6.45. The fourth-order valence-corrected chi connectivity index (χ4v) is 1.77. The average Bonchev–Trinajstić information content (AvgIpc) is 2.29. The molecule has 0 fully saturated rings. The van der Waals surface area contributed by atoms with Gasteiger partial charge in [0.2, 0.25) is 0 Å². The second-order valence-electron chi connectivity index (χ2n) is 4.48. The smallest absolute Gasteiger partial charge is 0.294 e. The van der Waals surface area contributed by atoms with Crippen molar-refractivity contribution in [1.29, 1.82) is 0 Å². The van der Waals surface area contributed by atoms with E-state index in [1.54, 1.807) is 12.1 Å². The third-order valence-electron chi connectivity index (χ3n) is 2.39. The Labute approximate surface area is 116 Å². The summed E-state index contributed by atoms with van der Waals surface area (Å²) in [7, 11) is -4.02. The maximum Gasteiger partial charge on any atom is 0.294 e. The molecule has 0 bridgehead atoms. The van der Waals surface area contributed by atoms with Crippen LogP contribution in [-0.4, -0.2) is 19.0 Å². The van der Waals surface area contributed by atoms with E-state index in [9.17, 15) is 8.42 Å². The zero-order valence-corrected chi connectivity index (χ0v) is 12.4. The van der Waals surface area contributed by atoms with Crippen molar-refractivity contribution in [2.45, 2.75) is 44.0 Å². The molecule has 19 heavy (non-hydrogen) atoms. The molecule has 1 atom stereocenters. The van der Waals surface area contributed by atoms with E-state index in [0.717, 1.165) is 18.4 Å². The summed E-state index contributed by atoms with van der Waals surface area (Å²) in [4.78, 5) is -0.0666. The van der Waals surface area contributed by atoms with Crippen molar-refractivity contribution in [1.82, 2.24) is 0 Å². The summed E-state index contributed by atoms with van der Waals surface area (Å²) in [5.74, 6) is 0. The highest BCUT2D eigenvalue weighted by Crippen LogP contribution is 2.08. The topological polar surface area (TPSA) is 80.4 Å². The lowest BCUT2D eigenvalue weighted by Crippen LogP contribution is -2.13. The van der Waals surface area contributed by atoms with Crippen LogP contribution in [0.5, 0.6) is 0 Å². The lowest BCUT2D eigenvalue weighted by Gasteiger charge is -2.00. The number of hydrogen-bond donors (Lipinski definition) is 2. The number of nitrogens with two attached hydrogens (primary N) is 1. The minimum atomic E-state index is -4.02. The van der Waals surface area contributed by atoms with E-state index in [-0.39, 0.29) is 4.90 Å². The molecule has 0 saturated carbocycles. The number of unbranched alkanes of at least 4 members (excludes halogenated alkanes) is 1. The molecule has 0 spiro atoms. The summed E-state index contributed by atoms with van der Waals surface area (Å²) < 4.78 is 29.6. The van der Waals surface area contributed by atoms with E-state index in [2.05, 4.69) is 6.58 Å². The van der Waals surface area contributed by atoms with Gasteiger partial charge in [0, 0.05) is 6.04 Å². The van der Waals surface area contributed by atoms with Gasteiger partial charge >= 0.3 is 0 Å². The van der Waals surface area contributed by atoms with Crippen molar-refractivity contribution in [3.8, 4) is 0 Å². The predicted octanol–water partition coefficient (Wildman–Crippen LogP) is 2.93. The lowest BCUT2D eigenvalue weighted by molar-refractivity contribution is 0.483. The Morgan fingerprint density at radius 2 is 1.89 bits per heavy atom. The number of allylic oxidation sites excluding steroid dienone is 1. The molecule has 5 heteroatoms. The molecule has 0 aliphatic rings. The molecular formula is C14H23NO3S. The molecule has 0 radical (unpaired) electrons. The van der Waals surface area contributed by atoms with Crippen LogP contribution in [0.15, 0.2) is 41.8 Å². The first-order chi connectivity index (χ1) is 8.77. The summed E-state index contributed by atoms with van der Waals surface area (Å²) in [6.45, 7) is 7.49. The molecule has 1 rings (SSSR count). The highest BCUT2D eigenvalue weighted by molar-refractivity contribution is 7.85. The van der Waals surface area contributed by atoms with Gasteiger partial charge in [-0.3, -0.25) is 4.55 Å². The first-order valence-corrected chi connectivity index (χ1v) is 7.62. The molecule has 0 aliphatic carbocycles. The van der Waals surface area contributed by atoms with Crippen LogP contribution in [0.25, 0.3) is 0 Å². The molecule has 3 N–H and O–H groups in total. The van der Waals surface area contributed by atoms with Crippen LogP contribution in [-0.2, 0) is 10.1 Å². The van der Waals surface area contributed by atoms with Crippen LogP contribution in [0, 0.1) is 6.92 Å². The summed E-state index contributed by atoms with van der Waals surface area (Å²) in [6.07, 6.45) is 5.33. The minimum Gasteiger partial charge on any atom is -0.328 e. The van der Waals surface area contributed by atoms with Gasteiger partial charge in [-0.05, 0) is 45.2 Å². The van der Waals surface area contributed by atoms with Crippen LogP contribution < -0.4 is 5.73 Å². The fourth-order valence-electron chi connectivity index (χ4n) is 1.29. The van der Waals surface area contributed by atoms with Crippen molar-refractivity contribution in [2.24, 2.45) is 5.73 Å². The van der Waals surface area contributed by atoms with Crippen molar-refractivity contribution >= 4 is 10.1 Å². The summed E-state index contributed by atoms with van der Waals surface area (Å²) in [6, 6.07) is 6.34. The van der Waals surface area contributed by atoms with Crippen molar-refractivity contribution < 1.29 is 13.0 Å². The number of hydrogen-bond acceptors (Lipinski definition) is 3. The number of rotatable bonds is 5. The van der Waals surface area contributed by atoms with Gasteiger partial charge in [-0.25, -0.2) is 0 Å². The lowest BCUT2D eigenvalue weighted by atomic mass is 10.1. The zero-order chi connectivity index (χ0) is 14.9. The molecule has 0 heterocycles. The van der Waals surface area contributed by atoms with Gasteiger partial charge in [0.25, 0.3) is 10.1 Å². The molecule has 4 nitrogen and oxygen atoms in total. The Morgan fingerprint density at radius 3 is 2.26 bits per heavy atom. The maximum atomic E-state index is 10.5. The second-order valence-corrected chi connectivity index (χ2v) is 5.91. The third kappa shape index (κ3) is 9.41. The Kier molecular flexibility index (Phi) is 8.30. The van der Waals surface area contributed by atoms with Gasteiger partial charge in [-0.1, -0.05) is 23.8 Å². The van der Waals surface area contributed by atoms with Gasteiger partial charge in [0.05, 0.1) is 4.90 Å². The molecule has 0 saturated heterocycles. The molecule has 1 unspecified atom stereocenters. The highest BCUT2D eigenvalue weighted by atomic mass is 32.2. The predicted molar refractivity (Wildman–Crippen MR) is 78.7 cm³/mol. The van der Waals surface area contributed by atoms with Crippen molar-refractivity contribution in [3.63, 3.8) is 0 Å². The van der Waals surface area contributed by atoms with E-state index in [0.29, 0.717) is 6.04 Å². The molecule has 1 aromatic rings. The molecule has 108 valence electrons. The van der Waals surface area contributed by atoms with Crippen LogP contribution in [0.2, 0.25) is 0 Å². The van der Waals surface area contributed by atoms with Crippen LogP contribution in [0.1, 0.15) is 31.7 Å². The second kappa shape index (κ2) is 8.85. The van der Waals surface area contributed by atoms with E-state index in [1.807, 2.05) is 19.9 Å². The molecule has 0 aromatic heterocycles. The SMILES string of the molecule is C=CCCCC(C)N.Cc1ccc(S(=O)(=O)O)cc1. The van der Waals surface area contributed by atoms with Crippen molar-refractivity contribution in [3.05, 3.63) is 42.5 Å². The van der Waals surface area contributed by atoms with Crippen LogP contribution >= 0.6 is 0 Å². The first kappa shape index (κ1) is 17.8. The number of benzene rings is 1. The Hall–Kier alpha value is -1.17. The third-order valence-corrected chi connectivity index (χ3v) is 3.25. The Balaban J connectivity index is 0.000000362. The average molecular weight is 285 g/mol. The van der Waals surface area contributed by atoms with Crippen LogP contribution in [0.3, 0.4) is 0 Å². The highest BCUT2D eigenvalue weighted by Gasteiger charge is 2.06. The number of aryl methyl sites for hydroxylation is 1. The van der Waals surface area contributed by atoms with Gasteiger partial charge in [-0.2, -0.15) is 8.42 Å². The quantitative estimate of drug-likeness (QED) is 0.495. The van der Waals surface area contributed by atoms with Gasteiger partial charge in [0.1, 0.15) is 0 Å². The molecule has 0 aliphatic heterocycles. The van der Waals surface area contributed by atoms with Gasteiger partial charge in [0.15, 0.2) is 0 Å². The normalized spacial score (nSPS) is 12.2. The zero-order valence-electron chi connectivity index (χ0n) is 11.5. The maximum absolute atomic E-state index is 10.5. The Morgan fingerprint density at radius 1 is 1.37 bits per heavy atom. The van der Waals surface area contributed by atoms with Crippen LogP contribution in [0.4, 0.5) is 0 Å². The summed E-state index contributed by atoms with van der Waals surface area (Å²) in [5, 5.41) is 0. The van der Waals surface area contributed by atoms with Crippen molar-refractivity contribution in [2.75, 3.05) is 0 Å². The van der Waals surface area contributed by atoms with E-state index >= 15 is 0 Å². The molecular weight excluding hydrogens is 262 g/mol. The standard InChI is InChI=1S/C7H15N.C7H8O3S/c1-3-4-5-6-7(2)8;1-6-2-4-7(5-3-6)11(8,9)10/h3,7H,1,4-6,8H2,2H3;2-5H,1H3,(H,8,9,10). The van der Waals surface area contributed by atoms with E-state index in [1.165, 1.54) is 18.6 Å². The van der Waals surface area contributed by atoms with Gasteiger partial charge < -0.3 is 5.73 Å². The van der Waals surface area contributed by atoms with E-state index < -0.39 is 10.1 Å². The first-order valence-electron chi connectivity index (χ1n) is 6.18. The molecule has 1 aromatic carbocycles. The largest absolute Gasteiger partial charge is 0.328 e. The molecule has 0 amide bonds. The minimum absolute atomic E-state index is 0.0666. The van der Waals surface area contributed by atoms with Gasteiger partial charge in [-0.15, -0.1) is 6.58 Å². The fraction of sp³-hybridized carbons (Fsp3) is 0.429. The summed E-state index contributed by atoms with van der Waals surface area (Å²) >= 11 is 0. The van der Waals surface area contributed by atoms with E-state index in [4.69, 9.17) is 10.3 Å².